The lowest BCUT2D eigenvalue weighted by Gasteiger charge is -2.35. The lowest BCUT2D eigenvalue weighted by Crippen LogP contribution is -2.43. The van der Waals surface area contributed by atoms with Crippen molar-refractivity contribution in [3.05, 3.63) is 12.3 Å². The van der Waals surface area contributed by atoms with Crippen molar-refractivity contribution in [2.45, 2.75) is 39.3 Å². The Kier molecular flexibility index (Phi) is 5.22. The Morgan fingerprint density at radius 3 is 2.67 bits per heavy atom. The van der Waals surface area contributed by atoms with Crippen LogP contribution < -0.4 is 5.73 Å². The van der Waals surface area contributed by atoms with E-state index in [9.17, 15) is 4.79 Å². The maximum atomic E-state index is 12.2. The number of carbonyl (C=O) groups is 1. The molecule has 0 radical (unpaired) electrons. The summed E-state index contributed by atoms with van der Waals surface area (Å²) >= 11 is 0. The number of amides is 1. The van der Waals surface area contributed by atoms with Gasteiger partial charge in [-0.3, -0.25) is 9.48 Å². The van der Waals surface area contributed by atoms with Gasteiger partial charge < -0.3 is 15.5 Å². The van der Waals surface area contributed by atoms with Crippen molar-refractivity contribution in [1.29, 1.82) is 0 Å². The van der Waals surface area contributed by atoms with Gasteiger partial charge in [-0.25, -0.2) is 0 Å². The molecule has 1 aromatic rings. The smallest absolute Gasteiger partial charge is 0.244 e. The summed E-state index contributed by atoms with van der Waals surface area (Å²) in [7, 11) is 2.17. The molecule has 1 aliphatic heterocycles. The molecule has 0 aromatic carbocycles. The van der Waals surface area contributed by atoms with Gasteiger partial charge in [0.2, 0.25) is 5.91 Å². The van der Waals surface area contributed by atoms with E-state index in [0.29, 0.717) is 17.8 Å². The summed E-state index contributed by atoms with van der Waals surface area (Å²) in [5.41, 5.74) is 5.56. The number of rotatable bonds is 5. The van der Waals surface area contributed by atoms with Crippen LogP contribution in [0.1, 0.15) is 26.7 Å². The van der Waals surface area contributed by atoms with Crippen LogP contribution in [0.2, 0.25) is 0 Å². The third-order valence-electron chi connectivity index (χ3n) is 4.35. The molecule has 1 fully saturated rings. The van der Waals surface area contributed by atoms with Crippen LogP contribution >= 0.6 is 0 Å². The van der Waals surface area contributed by atoms with E-state index in [-0.39, 0.29) is 12.5 Å². The van der Waals surface area contributed by atoms with Gasteiger partial charge in [-0.1, -0.05) is 0 Å². The van der Waals surface area contributed by atoms with Crippen LogP contribution in [0.15, 0.2) is 12.3 Å². The molecular formula is C15H27N5O. The minimum absolute atomic E-state index is 0.133. The number of nitrogens with two attached hydrogens (primary N) is 1. The first-order valence-corrected chi connectivity index (χ1v) is 7.72. The molecule has 1 amide bonds. The standard InChI is InChI=1S/C15H27N5O/c1-12(2)18(3)10-13-4-7-19(8-5-13)15(21)11-20-9-6-14(16)17-20/h6,9,12-13H,4-5,7-8,10-11H2,1-3H3,(H2,16,17). The van der Waals surface area contributed by atoms with Gasteiger partial charge in [-0.2, -0.15) is 5.10 Å². The van der Waals surface area contributed by atoms with Gasteiger partial charge in [-0.05, 0) is 45.7 Å². The normalized spacial score (nSPS) is 16.9. The van der Waals surface area contributed by atoms with Gasteiger partial charge in [0.05, 0.1) is 0 Å². The molecule has 118 valence electrons. The van der Waals surface area contributed by atoms with Gasteiger partial charge in [0, 0.05) is 31.9 Å². The van der Waals surface area contributed by atoms with E-state index in [0.717, 1.165) is 32.5 Å². The second kappa shape index (κ2) is 6.93. The minimum Gasteiger partial charge on any atom is -0.382 e. The monoisotopic (exact) mass is 293 g/mol. The zero-order valence-electron chi connectivity index (χ0n) is 13.3. The van der Waals surface area contributed by atoms with Crippen molar-refractivity contribution in [2.24, 2.45) is 5.92 Å². The SMILES string of the molecule is CC(C)N(C)CC1CCN(C(=O)Cn2ccc(N)n2)CC1. The topological polar surface area (TPSA) is 67.4 Å². The molecule has 2 rings (SSSR count). The van der Waals surface area contributed by atoms with E-state index >= 15 is 0 Å². The van der Waals surface area contributed by atoms with Crippen LogP contribution in [0, 0.1) is 5.92 Å². The highest BCUT2D eigenvalue weighted by Crippen LogP contribution is 2.19. The van der Waals surface area contributed by atoms with E-state index < -0.39 is 0 Å². The van der Waals surface area contributed by atoms with E-state index in [1.54, 1.807) is 16.9 Å². The number of piperidine rings is 1. The van der Waals surface area contributed by atoms with Crippen LogP contribution in [0.4, 0.5) is 5.82 Å². The van der Waals surface area contributed by atoms with E-state index in [1.807, 2.05) is 4.90 Å². The van der Waals surface area contributed by atoms with Crippen LogP contribution in [0.25, 0.3) is 0 Å². The number of aromatic nitrogens is 2. The molecule has 1 aliphatic rings. The lowest BCUT2D eigenvalue weighted by atomic mass is 9.96. The zero-order chi connectivity index (χ0) is 15.4. The molecule has 2 N–H and O–H groups in total. The molecule has 1 aromatic heterocycles. The van der Waals surface area contributed by atoms with Gasteiger partial charge in [0.1, 0.15) is 12.4 Å². The second-order valence-corrected chi connectivity index (χ2v) is 6.30. The number of likely N-dealkylation sites (tertiary alicyclic amines) is 1. The Balaban J connectivity index is 1.76. The largest absolute Gasteiger partial charge is 0.382 e. The molecule has 6 heteroatoms. The second-order valence-electron chi connectivity index (χ2n) is 6.30. The Morgan fingerprint density at radius 1 is 1.48 bits per heavy atom. The number of hydrogen-bond acceptors (Lipinski definition) is 4. The van der Waals surface area contributed by atoms with Crippen molar-refractivity contribution in [2.75, 3.05) is 32.4 Å². The van der Waals surface area contributed by atoms with Crippen molar-refractivity contribution >= 4 is 11.7 Å². The summed E-state index contributed by atoms with van der Waals surface area (Å²) in [5.74, 6) is 1.29. The van der Waals surface area contributed by atoms with E-state index in [2.05, 4.69) is 30.9 Å². The molecule has 0 spiro atoms. The first-order chi connectivity index (χ1) is 9.95. The predicted octanol–water partition coefficient (Wildman–Crippen LogP) is 1.04. The van der Waals surface area contributed by atoms with Crippen LogP contribution in [0.5, 0.6) is 0 Å². The highest BCUT2D eigenvalue weighted by molar-refractivity contribution is 5.76. The van der Waals surface area contributed by atoms with Crippen molar-refractivity contribution in [3.63, 3.8) is 0 Å². The summed E-state index contributed by atoms with van der Waals surface area (Å²) in [6.45, 7) is 7.55. The molecular weight excluding hydrogens is 266 g/mol. The first-order valence-electron chi connectivity index (χ1n) is 7.72. The summed E-state index contributed by atoms with van der Waals surface area (Å²) in [5, 5.41) is 4.06. The number of nitrogen functional groups attached to an aromatic ring is 1. The van der Waals surface area contributed by atoms with Crippen LogP contribution in [-0.4, -0.2) is 58.2 Å². The Bertz CT molecular complexity index is 462. The lowest BCUT2D eigenvalue weighted by molar-refractivity contribution is -0.133. The molecule has 1 saturated heterocycles. The first kappa shape index (κ1) is 15.8. The highest BCUT2D eigenvalue weighted by Gasteiger charge is 2.24. The van der Waals surface area contributed by atoms with Gasteiger partial charge >= 0.3 is 0 Å². The molecule has 0 saturated carbocycles. The Morgan fingerprint density at radius 2 is 2.14 bits per heavy atom. The number of nitrogens with zero attached hydrogens (tertiary/aromatic N) is 4. The molecule has 0 bridgehead atoms. The van der Waals surface area contributed by atoms with Crippen molar-refractivity contribution < 1.29 is 4.79 Å². The predicted molar refractivity (Wildman–Crippen MR) is 83.7 cm³/mol. The summed E-state index contributed by atoms with van der Waals surface area (Å²) in [6, 6.07) is 2.29. The van der Waals surface area contributed by atoms with E-state index in [1.165, 1.54) is 0 Å². The van der Waals surface area contributed by atoms with Crippen molar-refractivity contribution in [1.82, 2.24) is 19.6 Å². The average molecular weight is 293 g/mol. The molecule has 0 atom stereocenters. The fraction of sp³-hybridized carbons (Fsp3) is 0.733. The molecule has 0 aliphatic carbocycles. The summed E-state index contributed by atoms with van der Waals surface area (Å²) in [4.78, 5) is 16.6. The minimum atomic E-state index is 0.133. The van der Waals surface area contributed by atoms with Crippen molar-refractivity contribution in [3.8, 4) is 0 Å². The third-order valence-corrected chi connectivity index (χ3v) is 4.35. The average Bonchev–Trinajstić information content (AvgIpc) is 2.84. The van der Waals surface area contributed by atoms with Gasteiger partial charge in [-0.15, -0.1) is 0 Å². The molecule has 6 nitrogen and oxygen atoms in total. The Hall–Kier alpha value is -1.56. The van der Waals surface area contributed by atoms with Gasteiger partial charge in [0.25, 0.3) is 0 Å². The number of anilines is 1. The zero-order valence-corrected chi connectivity index (χ0v) is 13.3. The maximum absolute atomic E-state index is 12.2. The molecule has 21 heavy (non-hydrogen) atoms. The van der Waals surface area contributed by atoms with Gasteiger partial charge in [0.15, 0.2) is 0 Å². The fourth-order valence-electron chi connectivity index (χ4n) is 2.69. The quantitative estimate of drug-likeness (QED) is 0.881. The maximum Gasteiger partial charge on any atom is 0.244 e. The third kappa shape index (κ3) is 4.46. The molecule has 2 heterocycles. The summed E-state index contributed by atoms with van der Waals surface area (Å²) in [6.07, 6.45) is 3.92. The van der Waals surface area contributed by atoms with Crippen LogP contribution in [0.3, 0.4) is 0 Å². The summed E-state index contributed by atoms with van der Waals surface area (Å²) < 4.78 is 1.61. The highest BCUT2D eigenvalue weighted by atomic mass is 16.2. The Labute approximate surface area is 126 Å². The number of carbonyl (C=O) groups excluding carboxylic acids is 1. The number of hydrogen-bond donors (Lipinski definition) is 1. The fourth-order valence-corrected chi connectivity index (χ4v) is 2.69. The molecule has 0 unspecified atom stereocenters. The van der Waals surface area contributed by atoms with E-state index in [4.69, 9.17) is 5.73 Å². The van der Waals surface area contributed by atoms with Crippen LogP contribution in [-0.2, 0) is 11.3 Å².